The van der Waals surface area contributed by atoms with Crippen molar-refractivity contribution in [3.05, 3.63) is 95.1 Å². The van der Waals surface area contributed by atoms with Gasteiger partial charge in [0.05, 0.1) is 0 Å². The summed E-state index contributed by atoms with van der Waals surface area (Å²) in [7, 11) is 0. The van der Waals surface area contributed by atoms with Crippen LogP contribution in [0.15, 0.2) is 72.8 Å². The Hall–Kier alpha value is -2.60. The molecule has 0 aromatic heterocycles. The monoisotopic (exact) mass is 324 g/mol. The molecule has 0 aliphatic rings. The van der Waals surface area contributed by atoms with Crippen LogP contribution in [0.1, 0.15) is 28.7 Å². The molecule has 0 unspecified atom stereocenters. The van der Waals surface area contributed by atoms with Crippen molar-refractivity contribution in [2.24, 2.45) is 0 Å². The molecule has 0 heteroatoms. The SMILES string of the molecule is Cc1cc2cc3ccccc3cc2c(CCCc2ccccc2)c1C. The molecule has 0 nitrogen and oxygen atoms in total. The van der Waals surface area contributed by atoms with Gasteiger partial charge in [-0.2, -0.15) is 0 Å². The van der Waals surface area contributed by atoms with Crippen molar-refractivity contribution < 1.29 is 0 Å². The molecule has 25 heavy (non-hydrogen) atoms. The van der Waals surface area contributed by atoms with E-state index >= 15 is 0 Å². The molecule has 0 bridgehead atoms. The van der Waals surface area contributed by atoms with Gasteiger partial charge in [0.25, 0.3) is 0 Å². The molecule has 0 saturated heterocycles. The smallest absolute Gasteiger partial charge is 0.0143 e. The van der Waals surface area contributed by atoms with E-state index in [0.29, 0.717) is 0 Å². The highest BCUT2D eigenvalue weighted by Gasteiger charge is 2.09. The summed E-state index contributed by atoms with van der Waals surface area (Å²) in [6.07, 6.45) is 3.47. The van der Waals surface area contributed by atoms with Crippen LogP contribution in [-0.4, -0.2) is 0 Å². The van der Waals surface area contributed by atoms with E-state index in [1.54, 1.807) is 0 Å². The molecule has 0 aliphatic carbocycles. The van der Waals surface area contributed by atoms with Gasteiger partial charge in [0, 0.05) is 0 Å². The molecule has 4 aromatic rings. The molecular weight excluding hydrogens is 300 g/mol. The molecule has 0 amide bonds. The van der Waals surface area contributed by atoms with E-state index in [1.165, 1.54) is 50.2 Å². The van der Waals surface area contributed by atoms with Gasteiger partial charge in [0.2, 0.25) is 0 Å². The summed E-state index contributed by atoms with van der Waals surface area (Å²) in [6, 6.07) is 26.6. The normalized spacial score (nSPS) is 11.3. The van der Waals surface area contributed by atoms with E-state index in [1.807, 2.05) is 0 Å². The maximum atomic E-state index is 2.38. The zero-order valence-corrected chi connectivity index (χ0v) is 15.0. The lowest BCUT2D eigenvalue weighted by Gasteiger charge is -2.15. The van der Waals surface area contributed by atoms with E-state index in [2.05, 4.69) is 86.6 Å². The largest absolute Gasteiger partial charge is 0.0622 e. The first kappa shape index (κ1) is 15.9. The predicted molar refractivity (Wildman–Crippen MR) is 109 cm³/mol. The third-order valence-corrected chi connectivity index (χ3v) is 5.39. The molecule has 0 saturated carbocycles. The summed E-state index contributed by atoms with van der Waals surface area (Å²) in [4.78, 5) is 0. The van der Waals surface area contributed by atoms with Gasteiger partial charge in [0.1, 0.15) is 0 Å². The van der Waals surface area contributed by atoms with Crippen molar-refractivity contribution in [3.8, 4) is 0 Å². The van der Waals surface area contributed by atoms with Crippen LogP contribution < -0.4 is 0 Å². The van der Waals surface area contributed by atoms with Crippen LogP contribution in [0, 0.1) is 13.8 Å². The summed E-state index contributed by atoms with van der Waals surface area (Å²) in [5, 5.41) is 5.46. The van der Waals surface area contributed by atoms with E-state index in [4.69, 9.17) is 0 Å². The van der Waals surface area contributed by atoms with Gasteiger partial charge < -0.3 is 0 Å². The molecule has 0 aliphatic heterocycles. The Morgan fingerprint density at radius 1 is 0.640 bits per heavy atom. The highest BCUT2D eigenvalue weighted by atomic mass is 14.1. The first-order valence-corrected chi connectivity index (χ1v) is 9.18. The zero-order valence-electron chi connectivity index (χ0n) is 15.0. The van der Waals surface area contributed by atoms with E-state index in [9.17, 15) is 0 Å². The molecule has 4 rings (SSSR count). The average Bonchev–Trinajstić information content (AvgIpc) is 2.64. The fourth-order valence-electron chi connectivity index (χ4n) is 3.86. The molecule has 124 valence electrons. The molecule has 0 radical (unpaired) electrons. The summed E-state index contributed by atoms with van der Waals surface area (Å²) < 4.78 is 0. The van der Waals surface area contributed by atoms with Gasteiger partial charge in [-0.05, 0) is 89.0 Å². The van der Waals surface area contributed by atoms with Crippen molar-refractivity contribution in [3.63, 3.8) is 0 Å². The minimum Gasteiger partial charge on any atom is -0.0622 e. The lowest BCUT2D eigenvalue weighted by atomic mass is 9.90. The van der Waals surface area contributed by atoms with Crippen LogP contribution in [0.2, 0.25) is 0 Å². The molecule has 0 N–H and O–H groups in total. The van der Waals surface area contributed by atoms with Gasteiger partial charge in [-0.3, -0.25) is 0 Å². The number of hydrogen-bond donors (Lipinski definition) is 0. The zero-order chi connectivity index (χ0) is 17.2. The number of fused-ring (bicyclic) bond motifs is 2. The Morgan fingerprint density at radius 3 is 2.08 bits per heavy atom. The second-order valence-corrected chi connectivity index (χ2v) is 7.06. The maximum absolute atomic E-state index is 2.38. The Labute approximate surface area is 150 Å². The molecule has 0 spiro atoms. The highest BCUT2D eigenvalue weighted by molar-refractivity contribution is 6.00. The van der Waals surface area contributed by atoms with Crippen LogP contribution in [0.4, 0.5) is 0 Å². The summed E-state index contributed by atoms with van der Waals surface area (Å²) >= 11 is 0. The minimum atomic E-state index is 1.14. The third kappa shape index (κ3) is 3.17. The molecule has 0 atom stereocenters. The van der Waals surface area contributed by atoms with Crippen molar-refractivity contribution >= 4 is 21.5 Å². The average molecular weight is 324 g/mol. The number of rotatable bonds is 4. The Kier molecular flexibility index (Phi) is 4.28. The first-order chi connectivity index (χ1) is 12.2. The lowest BCUT2D eigenvalue weighted by Crippen LogP contribution is -1.97. The quantitative estimate of drug-likeness (QED) is 0.363. The summed E-state index contributed by atoms with van der Waals surface area (Å²) in [6.45, 7) is 4.52. The molecule has 0 fully saturated rings. The van der Waals surface area contributed by atoms with Crippen molar-refractivity contribution in [2.75, 3.05) is 0 Å². The van der Waals surface area contributed by atoms with Crippen molar-refractivity contribution in [1.82, 2.24) is 0 Å². The van der Waals surface area contributed by atoms with E-state index in [-0.39, 0.29) is 0 Å². The second kappa shape index (κ2) is 6.72. The minimum absolute atomic E-state index is 1.14. The fraction of sp³-hybridized carbons (Fsp3) is 0.200. The summed E-state index contributed by atoms with van der Waals surface area (Å²) in [5.41, 5.74) is 5.81. The number of aryl methyl sites for hydroxylation is 3. The lowest BCUT2D eigenvalue weighted by molar-refractivity contribution is 0.820. The highest BCUT2D eigenvalue weighted by Crippen LogP contribution is 2.30. The molecule has 4 aromatic carbocycles. The van der Waals surface area contributed by atoms with Crippen LogP contribution in [0.5, 0.6) is 0 Å². The summed E-state index contributed by atoms with van der Waals surface area (Å²) in [5.74, 6) is 0. The third-order valence-electron chi connectivity index (χ3n) is 5.39. The van der Waals surface area contributed by atoms with Gasteiger partial charge in [-0.25, -0.2) is 0 Å². The molecule has 0 heterocycles. The maximum Gasteiger partial charge on any atom is -0.0143 e. The fourth-order valence-corrected chi connectivity index (χ4v) is 3.86. The van der Waals surface area contributed by atoms with Crippen LogP contribution in [0.3, 0.4) is 0 Å². The Morgan fingerprint density at radius 2 is 1.32 bits per heavy atom. The van der Waals surface area contributed by atoms with Gasteiger partial charge in [0.15, 0.2) is 0 Å². The van der Waals surface area contributed by atoms with Crippen LogP contribution >= 0.6 is 0 Å². The van der Waals surface area contributed by atoms with Gasteiger partial charge >= 0.3 is 0 Å². The number of benzene rings is 4. The Balaban J connectivity index is 1.73. The predicted octanol–water partition coefficient (Wildman–Crippen LogP) is 6.79. The van der Waals surface area contributed by atoms with Gasteiger partial charge in [-0.15, -0.1) is 0 Å². The second-order valence-electron chi connectivity index (χ2n) is 7.06. The van der Waals surface area contributed by atoms with Gasteiger partial charge in [-0.1, -0.05) is 60.7 Å². The topological polar surface area (TPSA) is 0 Å². The Bertz CT molecular complexity index is 1030. The standard InChI is InChI=1S/C25H24/c1-18-15-23-16-21-12-6-7-13-22(21)17-25(23)24(19(18)2)14-8-11-20-9-4-3-5-10-20/h3-7,9-10,12-13,15-17H,8,11,14H2,1-2H3. The molecular formula is C25H24. The van der Waals surface area contributed by atoms with E-state index in [0.717, 1.165) is 12.8 Å². The van der Waals surface area contributed by atoms with E-state index < -0.39 is 0 Å². The van der Waals surface area contributed by atoms with Crippen molar-refractivity contribution in [2.45, 2.75) is 33.1 Å². The van der Waals surface area contributed by atoms with Crippen molar-refractivity contribution in [1.29, 1.82) is 0 Å². The first-order valence-electron chi connectivity index (χ1n) is 9.18. The van der Waals surface area contributed by atoms with Crippen LogP contribution in [-0.2, 0) is 12.8 Å². The number of hydrogen-bond acceptors (Lipinski definition) is 0. The van der Waals surface area contributed by atoms with Crippen LogP contribution in [0.25, 0.3) is 21.5 Å².